The van der Waals surface area contributed by atoms with Gasteiger partial charge in [-0.3, -0.25) is 9.59 Å². The van der Waals surface area contributed by atoms with E-state index in [0.717, 1.165) is 0 Å². The summed E-state index contributed by atoms with van der Waals surface area (Å²) >= 11 is 0. The first-order valence-electron chi connectivity index (χ1n) is 7.04. The van der Waals surface area contributed by atoms with Gasteiger partial charge >= 0.3 is 11.9 Å². The van der Waals surface area contributed by atoms with Crippen molar-refractivity contribution in [1.82, 2.24) is 0 Å². The van der Waals surface area contributed by atoms with Gasteiger partial charge in [-0.15, -0.1) is 0 Å². The van der Waals surface area contributed by atoms with E-state index in [4.69, 9.17) is 9.47 Å². The van der Waals surface area contributed by atoms with Gasteiger partial charge in [-0.25, -0.2) is 0 Å². The van der Waals surface area contributed by atoms with E-state index in [1.807, 2.05) is 0 Å². The number of fused-ring (bicyclic) bond motifs is 1. The molecule has 4 heteroatoms. The van der Waals surface area contributed by atoms with Crippen LogP contribution >= 0.6 is 0 Å². The zero-order valence-electron chi connectivity index (χ0n) is 12.3. The molecule has 4 rings (SSSR count). The molecule has 0 N–H and O–H groups in total. The lowest BCUT2D eigenvalue weighted by Gasteiger charge is -2.57. The van der Waals surface area contributed by atoms with Crippen molar-refractivity contribution in [2.45, 2.75) is 13.8 Å². The Bertz CT molecular complexity index is 485. The van der Waals surface area contributed by atoms with Crippen molar-refractivity contribution in [2.24, 2.45) is 35.5 Å². The van der Waals surface area contributed by atoms with Gasteiger partial charge in [-0.05, 0) is 37.5 Å². The van der Waals surface area contributed by atoms with Crippen molar-refractivity contribution < 1.29 is 19.1 Å². The molecule has 4 aliphatic carbocycles. The van der Waals surface area contributed by atoms with Gasteiger partial charge in [-0.2, -0.15) is 0 Å². The Morgan fingerprint density at radius 2 is 1.20 bits per heavy atom. The van der Waals surface area contributed by atoms with Crippen LogP contribution in [0.4, 0.5) is 0 Å². The van der Waals surface area contributed by atoms with Gasteiger partial charge < -0.3 is 9.47 Å². The Morgan fingerprint density at radius 1 is 0.850 bits per heavy atom. The van der Waals surface area contributed by atoms with Crippen molar-refractivity contribution in [2.75, 3.05) is 14.2 Å². The van der Waals surface area contributed by atoms with E-state index in [2.05, 4.69) is 26.0 Å². The monoisotopic (exact) mass is 276 g/mol. The molecule has 0 radical (unpaired) electrons. The number of hydrogen-bond donors (Lipinski definition) is 0. The van der Waals surface area contributed by atoms with Crippen LogP contribution in [0.5, 0.6) is 0 Å². The molecule has 4 nitrogen and oxygen atoms in total. The largest absolute Gasteiger partial charge is 0.469 e. The quantitative estimate of drug-likeness (QED) is 0.571. The lowest BCUT2D eigenvalue weighted by Crippen LogP contribution is -2.57. The first kappa shape index (κ1) is 13.4. The minimum Gasteiger partial charge on any atom is -0.469 e. The van der Waals surface area contributed by atoms with Gasteiger partial charge in [0.1, 0.15) is 0 Å². The zero-order valence-corrected chi connectivity index (χ0v) is 12.3. The molecule has 0 saturated heterocycles. The highest BCUT2D eigenvalue weighted by Gasteiger charge is 2.61. The van der Waals surface area contributed by atoms with Crippen molar-refractivity contribution in [3.63, 3.8) is 0 Å². The van der Waals surface area contributed by atoms with Gasteiger partial charge in [0.25, 0.3) is 0 Å². The molecule has 0 aromatic heterocycles. The SMILES string of the molecule is COC(=O)[C@@H]1[C@H]2C=C[C@H]([C@H]3C(C)=C(C)[C@H]23)[C@@H]1C(=O)OC. The van der Waals surface area contributed by atoms with E-state index in [-0.39, 0.29) is 23.8 Å². The van der Waals surface area contributed by atoms with E-state index in [0.29, 0.717) is 11.8 Å². The number of carbonyl (C=O) groups excluding carboxylic acids is 2. The standard InChI is InChI=1S/C16H20O4/c1-7-8(2)12-10-6-5-9(11(7)12)13(15(17)19-3)14(10)16(18)20-4/h5-6,9-14H,1-4H3/t9-,10+,11-,12-,13+,14-/m1/s1. The first-order valence-corrected chi connectivity index (χ1v) is 7.04. The maximum Gasteiger partial charge on any atom is 0.310 e. The molecular formula is C16H20O4. The fraction of sp³-hybridized carbons (Fsp3) is 0.625. The first-order chi connectivity index (χ1) is 9.52. The van der Waals surface area contributed by atoms with Crippen LogP contribution in [0, 0.1) is 35.5 Å². The average molecular weight is 276 g/mol. The lowest BCUT2D eigenvalue weighted by atomic mass is 9.45. The normalized spacial score (nSPS) is 41.0. The summed E-state index contributed by atoms with van der Waals surface area (Å²) in [4.78, 5) is 24.3. The summed E-state index contributed by atoms with van der Waals surface area (Å²) in [5.41, 5.74) is 2.73. The minimum absolute atomic E-state index is 0.0604. The summed E-state index contributed by atoms with van der Waals surface area (Å²) in [6.45, 7) is 4.26. The predicted octanol–water partition coefficient (Wildman–Crippen LogP) is 1.96. The minimum atomic E-state index is -0.410. The molecule has 2 bridgehead atoms. The lowest BCUT2D eigenvalue weighted by molar-refractivity contribution is -0.168. The second-order valence-electron chi connectivity index (χ2n) is 6.06. The number of carbonyl (C=O) groups is 2. The van der Waals surface area contributed by atoms with Crippen LogP contribution in [-0.2, 0) is 19.1 Å². The van der Waals surface area contributed by atoms with Gasteiger partial charge in [0.15, 0.2) is 0 Å². The highest BCUT2D eigenvalue weighted by Crippen LogP contribution is 2.61. The smallest absolute Gasteiger partial charge is 0.310 e. The number of methoxy groups -OCH3 is 2. The van der Waals surface area contributed by atoms with Gasteiger partial charge in [-0.1, -0.05) is 23.3 Å². The fourth-order valence-electron chi connectivity index (χ4n) is 4.57. The number of esters is 2. The third kappa shape index (κ3) is 1.48. The Hall–Kier alpha value is -1.58. The van der Waals surface area contributed by atoms with Crippen molar-refractivity contribution in [3.8, 4) is 0 Å². The van der Waals surface area contributed by atoms with Crippen molar-refractivity contribution >= 4 is 11.9 Å². The number of allylic oxidation sites excluding steroid dienone is 4. The molecule has 108 valence electrons. The molecule has 0 aromatic carbocycles. The maximum absolute atomic E-state index is 12.2. The second-order valence-corrected chi connectivity index (χ2v) is 6.06. The van der Waals surface area contributed by atoms with Gasteiger partial charge in [0.2, 0.25) is 0 Å². The second kappa shape index (κ2) is 4.47. The van der Waals surface area contributed by atoms with E-state index >= 15 is 0 Å². The fourth-order valence-corrected chi connectivity index (χ4v) is 4.57. The van der Waals surface area contributed by atoms with Crippen LogP contribution in [0.25, 0.3) is 0 Å². The Morgan fingerprint density at radius 3 is 1.50 bits per heavy atom. The van der Waals surface area contributed by atoms with Crippen molar-refractivity contribution in [3.05, 3.63) is 23.3 Å². The van der Waals surface area contributed by atoms with Gasteiger partial charge in [0, 0.05) is 0 Å². The van der Waals surface area contributed by atoms with Crippen LogP contribution in [-0.4, -0.2) is 26.2 Å². The maximum atomic E-state index is 12.2. The molecule has 0 unspecified atom stereocenters. The van der Waals surface area contributed by atoms with E-state index < -0.39 is 11.8 Å². The Balaban J connectivity index is 2.04. The van der Waals surface area contributed by atoms with Crippen LogP contribution < -0.4 is 0 Å². The molecule has 20 heavy (non-hydrogen) atoms. The summed E-state index contributed by atoms with van der Waals surface area (Å²) in [6, 6.07) is 0. The highest BCUT2D eigenvalue weighted by atomic mass is 16.5. The molecule has 0 aliphatic heterocycles. The van der Waals surface area contributed by atoms with Gasteiger partial charge in [0.05, 0.1) is 26.1 Å². The number of hydrogen-bond acceptors (Lipinski definition) is 4. The zero-order chi connectivity index (χ0) is 14.6. The molecule has 4 aliphatic rings. The Labute approximate surface area is 118 Å². The average Bonchev–Trinajstić information content (AvgIpc) is 2.50. The third-order valence-corrected chi connectivity index (χ3v) is 5.56. The molecule has 6 atom stereocenters. The molecular weight excluding hydrogens is 256 g/mol. The van der Waals surface area contributed by atoms with Crippen LogP contribution in [0.15, 0.2) is 23.3 Å². The number of ether oxygens (including phenoxy) is 2. The topological polar surface area (TPSA) is 52.6 Å². The number of rotatable bonds is 2. The molecule has 1 fully saturated rings. The summed E-state index contributed by atoms with van der Waals surface area (Å²) in [7, 11) is 2.77. The summed E-state index contributed by atoms with van der Waals surface area (Å²) < 4.78 is 9.88. The molecule has 1 saturated carbocycles. The van der Waals surface area contributed by atoms with E-state index in [1.165, 1.54) is 25.4 Å². The molecule has 0 amide bonds. The van der Waals surface area contributed by atoms with Crippen LogP contribution in [0.1, 0.15) is 13.8 Å². The van der Waals surface area contributed by atoms with Crippen LogP contribution in [0.2, 0.25) is 0 Å². The molecule has 0 spiro atoms. The molecule has 0 heterocycles. The Kier molecular flexibility index (Phi) is 3.00. The highest BCUT2D eigenvalue weighted by molar-refractivity contribution is 5.84. The van der Waals surface area contributed by atoms with Crippen molar-refractivity contribution in [1.29, 1.82) is 0 Å². The van der Waals surface area contributed by atoms with E-state index in [1.54, 1.807) is 0 Å². The summed E-state index contributed by atoms with van der Waals surface area (Å²) in [6.07, 6.45) is 4.20. The van der Waals surface area contributed by atoms with E-state index in [9.17, 15) is 9.59 Å². The predicted molar refractivity (Wildman–Crippen MR) is 72.5 cm³/mol. The molecule has 0 aromatic rings. The van der Waals surface area contributed by atoms with Crippen LogP contribution in [0.3, 0.4) is 0 Å². The third-order valence-electron chi connectivity index (χ3n) is 5.56. The summed E-state index contributed by atoms with van der Waals surface area (Å²) in [5.74, 6) is -0.523. The summed E-state index contributed by atoms with van der Waals surface area (Å²) in [5, 5.41) is 0.